The summed E-state index contributed by atoms with van der Waals surface area (Å²) in [4.78, 5) is 1.44. The predicted octanol–water partition coefficient (Wildman–Crippen LogP) is 3.15. The zero-order valence-electron chi connectivity index (χ0n) is 11.7. The molecule has 1 atom stereocenters. The van der Waals surface area contributed by atoms with Gasteiger partial charge in [0.2, 0.25) is 0 Å². The van der Waals surface area contributed by atoms with Gasteiger partial charge in [-0.2, -0.15) is 0 Å². The lowest BCUT2D eigenvalue weighted by Crippen LogP contribution is -2.23. The van der Waals surface area contributed by atoms with Crippen molar-refractivity contribution in [3.8, 4) is 0 Å². The summed E-state index contributed by atoms with van der Waals surface area (Å²) in [6.07, 6.45) is 2.18. The number of nitrogens with one attached hydrogen (secondary N) is 1. The third kappa shape index (κ3) is 5.48. The van der Waals surface area contributed by atoms with Crippen LogP contribution in [0, 0.1) is 6.92 Å². The third-order valence-corrected chi connectivity index (χ3v) is 3.97. The van der Waals surface area contributed by atoms with Crippen LogP contribution in [0.25, 0.3) is 0 Å². The van der Waals surface area contributed by atoms with Crippen LogP contribution in [0.1, 0.15) is 36.2 Å². The highest BCUT2D eigenvalue weighted by molar-refractivity contribution is 7.10. The van der Waals surface area contributed by atoms with E-state index in [4.69, 9.17) is 9.47 Å². The van der Waals surface area contributed by atoms with Gasteiger partial charge in [-0.3, -0.25) is 0 Å². The van der Waals surface area contributed by atoms with Crippen molar-refractivity contribution in [3.05, 3.63) is 21.9 Å². The van der Waals surface area contributed by atoms with E-state index >= 15 is 0 Å². The molecule has 0 fully saturated rings. The summed E-state index contributed by atoms with van der Waals surface area (Å²) in [5.41, 5.74) is 1.38. The molecule has 1 aromatic heterocycles. The second-order valence-electron chi connectivity index (χ2n) is 4.37. The van der Waals surface area contributed by atoms with E-state index in [1.165, 1.54) is 10.4 Å². The first-order valence-corrected chi connectivity index (χ1v) is 7.51. The molecular formula is C14H25NO2S. The van der Waals surface area contributed by atoms with Crippen molar-refractivity contribution in [2.75, 3.05) is 33.5 Å². The van der Waals surface area contributed by atoms with E-state index in [1.807, 2.05) is 11.3 Å². The van der Waals surface area contributed by atoms with E-state index in [0.29, 0.717) is 19.3 Å². The molecule has 0 aliphatic heterocycles. The maximum atomic E-state index is 5.56. The van der Waals surface area contributed by atoms with Crippen LogP contribution >= 0.6 is 11.3 Å². The van der Waals surface area contributed by atoms with Crippen LogP contribution in [0.2, 0.25) is 0 Å². The Morgan fingerprint density at radius 1 is 1.33 bits per heavy atom. The van der Waals surface area contributed by atoms with Gasteiger partial charge in [0.05, 0.1) is 13.2 Å². The van der Waals surface area contributed by atoms with E-state index in [9.17, 15) is 0 Å². The first-order valence-electron chi connectivity index (χ1n) is 6.63. The predicted molar refractivity (Wildman–Crippen MR) is 77.4 cm³/mol. The lowest BCUT2D eigenvalue weighted by Gasteiger charge is -2.18. The smallest absolute Gasteiger partial charge is 0.0700 e. The largest absolute Gasteiger partial charge is 0.382 e. The Balaban J connectivity index is 2.39. The third-order valence-electron chi connectivity index (χ3n) is 2.84. The number of hydrogen-bond donors (Lipinski definition) is 1. The Morgan fingerprint density at radius 2 is 2.17 bits per heavy atom. The minimum Gasteiger partial charge on any atom is -0.382 e. The summed E-state index contributed by atoms with van der Waals surface area (Å²) < 4.78 is 10.5. The van der Waals surface area contributed by atoms with Crippen LogP contribution in [0.5, 0.6) is 0 Å². The van der Waals surface area contributed by atoms with Gasteiger partial charge < -0.3 is 14.8 Å². The van der Waals surface area contributed by atoms with Gasteiger partial charge in [0.25, 0.3) is 0 Å². The van der Waals surface area contributed by atoms with Crippen molar-refractivity contribution >= 4 is 11.3 Å². The molecule has 1 aromatic rings. The van der Waals surface area contributed by atoms with Gasteiger partial charge in [0.1, 0.15) is 0 Å². The SMILES string of the molecule is CCCNC(CCOCCOC)c1sccc1C. The maximum Gasteiger partial charge on any atom is 0.0700 e. The number of hydrogen-bond acceptors (Lipinski definition) is 4. The molecule has 0 saturated heterocycles. The molecule has 0 saturated carbocycles. The molecule has 1 heterocycles. The number of methoxy groups -OCH3 is 1. The summed E-state index contributed by atoms with van der Waals surface area (Å²) in [6, 6.07) is 2.61. The van der Waals surface area contributed by atoms with Crippen molar-refractivity contribution < 1.29 is 9.47 Å². The van der Waals surface area contributed by atoms with Crippen LogP contribution in [-0.2, 0) is 9.47 Å². The molecule has 1 N–H and O–H groups in total. The Morgan fingerprint density at radius 3 is 2.78 bits per heavy atom. The van der Waals surface area contributed by atoms with Crippen LogP contribution in [0.15, 0.2) is 11.4 Å². The Kier molecular flexibility index (Phi) is 8.25. The zero-order valence-corrected chi connectivity index (χ0v) is 12.5. The number of thiophene rings is 1. The maximum absolute atomic E-state index is 5.56. The summed E-state index contributed by atoms with van der Waals surface area (Å²) in [6.45, 7) is 7.56. The van der Waals surface area contributed by atoms with E-state index in [0.717, 1.165) is 26.0 Å². The summed E-state index contributed by atoms with van der Waals surface area (Å²) in [7, 11) is 1.70. The van der Waals surface area contributed by atoms with Crippen LogP contribution in [0.4, 0.5) is 0 Å². The molecule has 3 nitrogen and oxygen atoms in total. The fourth-order valence-electron chi connectivity index (χ4n) is 1.83. The first kappa shape index (κ1) is 15.6. The Labute approximate surface area is 114 Å². The fourth-order valence-corrected chi connectivity index (χ4v) is 2.87. The molecule has 0 bridgehead atoms. The van der Waals surface area contributed by atoms with Crippen LogP contribution in [-0.4, -0.2) is 33.5 Å². The molecule has 0 amide bonds. The molecule has 1 unspecified atom stereocenters. The minimum absolute atomic E-state index is 0.424. The molecule has 0 aliphatic rings. The molecule has 0 aliphatic carbocycles. The molecule has 4 heteroatoms. The van der Waals surface area contributed by atoms with Crippen LogP contribution in [0.3, 0.4) is 0 Å². The van der Waals surface area contributed by atoms with Gasteiger partial charge in [0, 0.05) is 24.6 Å². The van der Waals surface area contributed by atoms with Gasteiger partial charge in [-0.15, -0.1) is 11.3 Å². The topological polar surface area (TPSA) is 30.5 Å². The quantitative estimate of drug-likeness (QED) is 0.663. The van der Waals surface area contributed by atoms with E-state index in [2.05, 4.69) is 30.6 Å². The highest BCUT2D eigenvalue weighted by atomic mass is 32.1. The van der Waals surface area contributed by atoms with E-state index in [-0.39, 0.29) is 0 Å². The average Bonchev–Trinajstić information content (AvgIpc) is 2.79. The van der Waals surface area contributed by atoms with Gasteiger partial charge in [-0.25, -0.2) is 0 Å². The highest BCUT2D eigenvalue weighted by Gasteiger charge is 2.14. The molecular weight excluding hydrogens is 246 g/mol. The first-order chi connectivity index (χ1) is 8.79. The van der Waals surface area contributed by atoms with Crippen molar-refractivity contribution in [2.45, 2.75) is 32.7 Å². The van der Waals surface area contributed by atoms with Gasteiger partial charge >= 0.3 is 0 Å². The molecule has 0 radical (unpaired) electrons. The average molecular weight is 271 g/mol. The molecule has 1 rings (SSSR count). The summed E-state index contributed by atoms with van der Waals surface area (Å²) in [5.74, 6) is 0. The lowest BCUT2D eigenvalue weighted by molar-refractivity contribution is 0.0659. The van der Waals surface area contributed by atoms with E-state index < -0.39 is 0 Å². The van der Waals surface area contributed by atoms with Gasteiger partial charge in [0.15, 0.2) is 0 Å². The Hall–Kier alpha value is -0.420. The normalized spacial score (nSPS) is 12.8. The van der Waals surface area contributed by atoms with E-state index in [1.54, 1.807) is 7.11 Å². The summed E-state index contributed by atoms with van der Waals surface area (Å²) in [5, 5.41) is 5.77. The summed E-state index contributed by atoms with van der Waals surface area (Å²) >= 11 is 1.83. The Bertz CT molecular complexity index is 314. The number of aryl methyl sites for hydroxylation is 1. The highest BCUT2D eigenvalue weighted by Crippen LogP contribution is 2.26. The molecule has 0 aromatic carbocycles. The second-order valence-corrected chi connectivity index (χ2v) is 5.32. The lowest BCUT2D eigenvalue weighted by atomic mass is 10.1. The molecule has 18 heavy (non-hydrogen) atoms. The minimum atomic E-state index is 0.424. The van der Waals surface area contributed by atoms with Crippen molar-refractivity contribution in [2.24, 2.45) is 0 Å². The molecule has 0 spiro atoms. The van der Waals surface area contributed by atoms with Crippen molar-refractivity contribution in [1.29, 1.82) is 0 Å². The monoisotopic (exact) mass is 271 g/mol. The van der Waals surface area contributed by atoms with Crippen molar-refractivity contribution in [1.82, 2.24) is 5.32 Å². The second kappa shape index (κ2) is 9.50. The molecule has 104 valence electrons. The van der Waals surface area contributed by atoms with Crippen LogP contribution < -0.4 is 5.32 Å². The zero-order chi connectivity index (χ0) is 13.2. The van der Waals surface area contributed by atoms with Gasteiger partial charge in [-0.05, 0) is 43.3 Å². The van der Waals surface area contributed by atoms with Gasteiger partial charge in [-0.1, -0.05) is 6.92 Å². The van der Waals surface area contributed by atoms with Crippen molar-refractivity contribution in [3.63, 3.8) is 0 Å². The number of rotatable bonds is 10. The fraction of sp³-hybridized carbons (Fsp3) is 0.714. The number of ether oxygens (including phenoxy) is 2. The standard InChI is InChI=1S/C14H25NO2S/c1-4-7-15-13(5-8-17-10-9-16-3)14-12(2)6-11-18-14/h6,11,13,15H,4-5,7-10H2,1-3H3.